The molecule has 28 heavy (non-hydrogen) atoms. The van der Waals surface area contributed by atoms with Gasteiger partial charge in [0.1, 0.15) is 0 Å². The van der Waals surface area contributed by atoms with E-state index < -0.39 is 0 Å². The molecule has 0 bridgehead atoms. The van der Waals surface area contributed by atoms with Crippen molar-refractivity contribution in [3.63, 3.8) is 0 Å². The third-order valence-electron chi connectivity index (χ3n) is 5.28. The second-order valence-electron chi connectivity index (χ2n) is 7.42. The summed E-state index contributed by atoms with van der Waals surface area (Å²) >= 11 is 1.50. The second kappa shape index (κ2) is 8.27. The van der Waals surface area contributed by atoms with Crippen LogP contribution in [0.3, 0.4) is 0 Å². The molecule has 1 saturated heterocycles. The van der Waals surface area contributed by atoms with Crippen LogP contribution < -0.4 is 10.2 Å². The molecule has 0 spiro atoms. The van der Waals surface area contributed by atoms with E-state index in [1.807, 2.05) is 19.2 Å². The third kappa shape index (κ3) is 4.17. The number of thioether (sulfide) groups is 1. The highest BCUT2D eigenvalue weighted by atomic mass is 32.2. The highest BCUT2D eigenvalue weighted by molar-refractivity contribution is 8.00. The Morgan fingerprint density at radius 1 is 1.11 bits per heavy atom. The van der Waals surface area contributed by atoms with Crippen LogP contribution in [0.25, 0.3) is 0 Å². The van der Waals surface area contributed by atoms with Gasteiger partial charge in [0, 0.05) is 42.8 Å². The van der Waals surface area contributed by atoms with Gasteiger partial charge in [-0.1, -0.05) is 12.1 Å². The molecule has 2 aliphatic heterocycles. The zero-order valence-corrected chi connectivity index (χ0v) is 16.9. The molecule has 0 atom stereocenters. The Hall–Kier alpha value is -2.47. The second-order valence-corrected chi connectivity index (χ2v) is 8.44. The summed E-state index contributed by atoms with van der Waals surface area (Å²) in [4.78, 5) is 29.6. The van der Waals surface area contributed by atoms with E-state index in [1.165, 1.54) is 36.7 Å². The summed E-state index contributed by atoms with van der Waals surface area (Å²) in [6.07, 6.45) is 3.85. The van der Waals surface area contributed by atoms with Crippen LogP contribution in [0.5, 0.6) is 0 Å². The van der Waals surface area contributed by atoms with E-state index in [4.69, 9.17) is 0 Å². The van der Waals surface area contributed by atoms with Crippen LogP contribution in [-0.4, -0.2) is 42.6 Å². The number of rotatable bonds is 4. The largest absolute Gasteiger partial charge is 0.372 e. The van der Waals surface area contributed by atoms with Crippen LogP contribution in [0.4, 0.5) is 11.4 Å². The quantitative estimate of drug-likeness (QED) is 0.850. The maximum atomic E-state index is 12.8. The first kappa shape index (κ1) is 18.9. The fourth-order valence-corrected chi connectivity index (χ4v) is 4.53. The summed E-state index contributed by atoms with van der Waals surface area (Å²) in [6.45, 7) is 2.81. The minimum absolute atomic E-state index is 0.0238. The predicted molar refractivity (Wildman–Crippen MR) is 114 cm³/mol. The highest BCUT2D eigenvalue weighted by Crippen LogP contribution is 2.32. The lowest BCUT2D eigenvalue weighted by molar-refractivity contribution is -0.113. The SMILES string of the molecule is CN(Cc1ccc(N2CCCCC2)cc1)C(=O)c1ccc2c(c1)NC(=O)CS2. The number of piperidine rings is 1. The van der Waals surface area contributed by atoms with Crippen molar-refractivity contribution in [3.05, 3.63) is 53.6 Å². The molecule has 4 rings (SSSR count). The van der Waals surface area contributed by atoms with E-state index in [1.54, 1.807) is 11.0 Å². The number of nitrogens with one attached hydrogen (secondary N) is 1. The van der Waals surface area contributed by atoms with Crippen LogP contribution in [0.15, 0.2) is 47.4 Å². The van der Waals surface area contributed by atoms with Crippen LogP contribution >= 0.6 is 11.8 Å². The molecule has 2 aromatic carbocycles. The summed E-state index contributed by atoms with van der Waals surface area (Å²) in [5, 5.41) is 2.85. The lowest BCUT2D eigenvalue weighted by Crippen LogP contribution is -2.29. The molecule has 6 heteroatoms. The lowest BCUT2D eigenvalue weighted by atomic mass is 10.1. The van der Waals surface area contributed by atoms with Gasteiger partial charge in [-0.2, -0.15) is 0 Å². The molecule has 5 nitrogen and oxygen atoms in total. The van der Waals surface area contributed by atoms with Crippen molar-refractivity contribution in [3.8, 4) is 0 Å². The summed E-state index contributed by atoms with van der Waals surface area (Å²) in [5.74, 6) is 0.352. The average Bonchev–Trinajstić information content (AvgIpc) is 2.73. The molecule has 0 saturated carbocycles. The minimum Gasteiger partial charge on any atom is -0.372 e. The number of hydrogen-bond acceptors (Lipinski definition) is 4. The molecule has 0 aliphatic carbocycles. The molecule has 2 amide bonds. The maximum absolute atomic E-state index is 12.8. The molecule has 2 aliphatic rings. The van der Waals surface area contributed by atoms with Crippen molar-refractivity contribution >= 4 is 35.0 Å². The van der Waals surface area contributed by atoms with Crippen molar-refractivity contribution in [1.82, 2.24) is 4.90 Å². The standard InChI is InChI=1S/C22H25N3O2S/c1-24(14-16-5-8-18(9-6-16)25-11-3-2-4-12-25)22(27)17-7-10-20-19(13-17)23-21(26)15-28-20/h5-10,13H,2-4,11-12,14-15H2,1H3,(H,23,26). The van der Waals surface area contributed by atoms with Gasteiger partial charge >= 0.3 is 0 Å². The average molecular weight is 396 g/mol. The molecule has 2 aromatic rings. The number of anilines is 2. The van der Waals surface area contributed by atoms with Gasteiger partial charge < -0.3 is 15.1 Å². The van der Waals surface area contributed by atoms with Gasteiger partial charge in [0.25, 0.3) is 5.91 Å². The van der Waals surface area contributed by atoms with E-state index >= 15 is 0 Å². The Bertz CT molecular complexity index is 876. The van der Waals surface area contributed by atoms with Gasteiger partial charge in [-0.05, 0) is 55.2 Å². The maximum Gasteiger partial charge on any atom is 0.253 e. The monoisotopic (exact) mass is 395 g/mol. The van der Waals surface area contributed by atoms with Crippen molar-refractivity contribution in [1.29, 1.82) is 0 Å². The summed E-state index contributed by atoms with van der Waals surface area (Å²) in [6, 6.07) is 14.1. The number of hydrogen-bond donors (Lipinski definition) is 1. The first-order chi connectivity index (χ1) is 13.6. The van der Waals surface area contributed by atoms with E-state index in [-0.39, 0.29) is 11.8 Å². The first-order valence-corrected chi connectivity index (χ1v) is 10.7. The van der Waals surface area contributed by atoms with Gasteiger partial charge in [-0.25, -0.2) is 0 Å². The Balaban J connectivity index is 1.41. The zero-order chi connectivity index (χ0) is 19.5. The van der Waals surface area contributed by atoms with Crippen LogP contribution in [-0.2, 0) is 11.3 Å². The normalized spacial score (nSPS) is 16.3. The molecule has 2 heterocycles. The highest BCUT2D eigenvalue weighted by Gasteiger charge is 2.19. The van der Waals surface area contributed by atoms with E-state index in [0.717, 1.165) is 29.2 Å². The first-order valence-electron chi connectivity index (χ1n) is 9.76. The summed E-state index contributed by atoms with van der Waals surface area (Å²) in [7, 11) is 1.81. The molecule has 0 unspecified atom stereocenters. The summed E-state index contributed by atoms with van der Waals surface area (Å²) < 4.78 is 0. The van der Waals surface area contributed by atoms with E-state index in [0.29, 0.717) is 17.9 Å². The van der Waals surface area contributed by atoms with Gasteiger partial charge in [0.2, 0.25) is 5.91 Å². The van der Waals surface area contributed by atoms with Gasteiger partial charge in [-0.15, -0.1) is 11.8 Å². The summed E-state index contributed by atoms with van der Waals surface area (Å²) in [5.41, 5.74) is 3.69. The number of fused-ring (bicyclic) bond motifs is 1. The Morgan fingerprint density at radius 3 is 2.61 bits per heavy atom. The molecular weight excluding hydrogens is 370 g/mol. The number of carbonyl (C=O) groups excluding carboxylic acids is 2. The minimum atomic E-state index is -0.0484. The van der Waals surface area contributed by atoms with Gasteiger partial charge in [0.05, 0.1) is 11.4 Å². The number of benzene rings is 2. The predicted octanol–water partition coefficient (Wildman–Crippen LogP) is 3.99. The van der Waals surface area contributed by atoms with Crippen LogP contribution in [0.1, 0.15) is 35.2 Å². The Labute approximate surface area is 170 Å². The molecular formula is C22H25N3O2S. The van der Waals surface area contributed by atoms with Gasteiger partial charge in [-0.3, -0.25) is 9.59 Å². The Morgan fingerprint density at radius 2 is 1.86 bits per heavy atom. The van der Waals surface area contributed by atoms with Crippen molar-refractivity contribution < 1.29 is 9.59 Å². The molecule has 0 aromatic heterocycles. The topological polar surface area (TPSA) is 52.6 Å². The number of amides is 2. The fraction of sp³-hybridized carbons (Fsp3) is 0.364. The molecule has 0 radical (unpaired) electrons. The lowest BCUT2D eigenvalue weighted by Gasteiger charge is -2.29. The smallest absolute Gasteiger partial charge is 0.253 e. The van der Waals surface area contributed by atoms with Crippen LogP contribution in [0.2, 0.25) is 0 Å². The molecule has 1 fully saturated rings. The van der Waals surface area contributed by atoms with Crippen molar-refractivity contribution in [2.45, 2.75) is 30.7 Å². The van der Waals surface area contributed by atoms with Crippen molar-refractivity contribution in [2.75, 3.05) is 36.1 Å². The third-order valence-corrected chi connectivity index (χ3v) is 6.36. The van der Waals surface area contributed by atoms with Crippen LogP contribution in [0, 0.1) is 0 Å². The fourth-order valence-electron chi connectivity index (χ4n) is 3.75. The Kier molecular flexibility index (Phi) is 5.57. The van der Waals surface area contributed by atoms with E-state index in [9.17, 15) is 9.59 Å². The molecule has 1 N–H and O–H groups in total. The van der Waals surface area contributed by atoms with Crippen molar-refractivity contribution in [2.24, 2.45) is 0 Å². The number of carbonyl (C=O) groups is 2. The number of nitrogens with zero attached hydrogens (tertiary/aromatic N) is 2. The van der Waals surface area contributed by atoms with E-state index in [2.05, 4.69) is 34.5 Å². The zero-order valence-electron chi connectivity index (χ0n) is 16.1. The molecule has 146 valence electrons. The van der Waals surface area contributed by atoms with Gasteiger partial charge in [0.15, 0.2) is 0 Å².